The summed E-state index contributed by atoms with van der Waals surface area (Å²) >= 11 is 0. The lowest BCUT2D eigenvalue weighted by Crippen LogP contribution is -2.42. The molecule has 0 aliphatic carbocycles. The maximum absolute atomic E-state index is 12.4. The Hall–Kier alpha value is -4.44. The first-order chi connectivity index (χ1) is 17.2. The molecule has 1 saturated heterocycles. The van der Waals surface area contributed by atoms with Crippen molar-refractivity contribution in [3.63, 3.8) is 0 Å². The maximum atomic E-state index is 12.4. The molecule has 5 aromatic rings. The molecule has 6 rings (SSSR count). The quantitative estimate of drug-likeness (QED) is 0.393. The van der Waals surface area contributed by atoms with E-state index in [4.69, 9.17) is 14.5 Å². The number of hydrogen-bond donors (Lipinski definition) is 2. The van der Waals surface area contributed by atoms with Crippen molar-refractivity contribution in [2.75, 3.05) is 38.2 Å². The van der Waals surface area contributed by atoms with Gasteiger partial charge in [0.25, 0.3) is 5.91 Å². The van der Waals surface area contributed by atoms with Gasteiger partial charge in [0.2, 0.25) is 0 Å². The van der Waals surface area contributed by atoms with E-state index in [1.165, 1.54) is 0 Å². The Morgan fingerprint density at radius 1 is 1.11 bits per heavy atom. The number of anilines is 2. The number of fused-ring (bicyclic) bond motifs is 2. The van der Waals surface area contributed by atoms with Crippen LogP contribution in [0, 0.1) is 0 Å². The van der Waals surface area contributed by atoms with Crippen LogP contribution in [0.2, 0.25) is 0 Å². The number of hydrogen-bond acceptors (Lipinski definition) is 7. The smallest absolute Gasteiger partial charge is 0.260 e. The first kappa shape index (κ1) is 21.1. The molecule has 0 radical (unpaired) electrons. The van der Waals surface area contributed by atoms with Crippen LogP contribution in [0.4, 0.5) is 11.5 Å². The van der Waals surface area contributed by atoms with Crippen molar-refractivity contribution in [2.45, 2.75) is 0 Å². The van der Waals surface area contributed by atoms with E-state index in [1.54, 1.807) is 15.6 Å². The van der Waals surface area contributed by atoms with Crippen LogP contribution >= 0.6 is 0 Å². The van der Waals surface area contributed by atoms with Crippen LogP contribution in [0.25, 0.3) is 27.8 Å². The van der Waals surface area contributed by atoms with E-state index in [0.29, 0.717) is 43.7 Å². The van der Waals surface area contributed by atoms with E-state index in [9.17, 15) is 4.79 Å². The molecule has 4 heterocycles. The molecule has 176 valence electrons. The first-order valence-corrected chi connectivity index (χ1v) is 11.4. The number of ether oxygens (including phenoxy) is 2. The number of carbonyl (C=O) groups excluding carboxylic acids is 1. The summed E-state index contributed by atoms with van der Waals surface area (Å²) in [5, 5.41) is 16.1. The van der Waals surface area contributed by atoms with E-state index < -0.39 is 0 Å². The highest BCUT2D eigenvalue weighted by atomic mass is 16.5. The molecule has 10 heteroatoms. The Bertz CT molecular complexity index is 1500. The molecule has 10 nitrogen and oxygen atoms in total. The molecule has 0 atom stereocenters. The number of aromatic nitrogens is 5. The summed E-state index contributed by atoms with van der Waals surface area (Å²) in [5.74, 6) is 1.74. The van der Waals surface area contributed by atoms with Crippen LogP contribution < -0.4 is 10.1 Å². The number of carbonyl (C=O) groups is 1. The van der Waals surface area contributed by atoms with Crippen molar-refractivity contribution in [3.8, 4) is 17.1 Å². The molecule has 0 spiro atoms. The molecule has 0 unspecified atom stereocenters. The van der Waals surface area contributed by atoms with Crippen molar-refractivity contribution in [1.82, 2.24) is 29.7 Å². The lowest BCUT2D eigenvalue weighted by Gasteiger charge is -2.26. The second-order valence-electron chi connectivity index (χ2n) is 8.23. The number of benzene rings is 2. The molecule has 1 fully saturated rings. The highest BCUT2D eigenvalue weighted by Crippen LogP contribution is 2.27. The summed E-state index contributed by atoms with van der Waals surface area (Å²) in [6.45, 7) is 2.29. The summed E-state index contributed by atoms with van der Waals surface area (Å²) in [7, 11) is 0. The summed E-state index contributed by atoms with van der Waals surface area (Å²) < 4.78 is 12.9. The minimum atomic E-state index is -0.0511. The van der Waals surface area contributed by atoms with Gasteiger partial charge in [-0.3, -0.25) is 9.89 Å². The van der Waals surface area contributed by atoms with E-state index in [0.717, 1.165) is 27.7 Å². The second kappa shape index (κ2) is 9.07. The van der Waals surface area contributed by atoms with Gasteiger partial charge < -0.3 is 19.7 Å². The van der Waals surface area contributed by atoms with Gasteiger partial charge in [0.05, 0.1) is 24.9 Å². The zero-order valence-electron chi connectivity index (χ0n) is 18.8. The molecule has 1 aliphatic heterocycles. The third-order valence-electron chi connectivity index (χ3n) is 5.91. The Labute approximate surface area is 200 Å². The normalized spacial score (nSPS) is 13.9. The average molecular weight is 470 g/mol. The predicted molar refractivity (Wildman–Crippen MR) is 131 cm³/mol. The zero-order valence-corrected chi connectivity index (χ0v) is 18.8. The largest absolute Gasteiger partial charge is 0.484 e. The molecule has 1 amide bonds. The lowest BCUT2D eigenvalue weighted by atomic mass is 10.2. The van der Waals surface area contributed by atoms with Gasteiger partial charge >= 0.3 is 0 Å². The third kappa shape index (κ3) is 4.38. The molecule has 3 aromatic heterocycles. The van der Waals surface area contributed by atoms with Crippen molar-refractivity contribution in [3.05, 3.63) is 67.0 Å². The highest BCUT2D eigenvalue weighted by molar-refractivity contribution is 5.84. The number of nitrogens with zero attached hydrogens (tertiary/aromatic N) is 5. The monoisotopic (exact) mass is 469 g/mol. The first-order valence-electron chi connectivity index (χ1n) is 11.4. The van der Waals surface area contributed by atoms with Crippen molar-refractivity contribution >= 4 is 33.8 Å². The molecule has 0 saturated carbocycles. The summed E-state index contributed by atoms with van der Waals surface area (Å²) in [5.41, 5.74) is 3.50. The van der Waals surface area contributed by atoms with Crippen LogP contribution in [0.15, 0.2) is 67.0 Å². The Balaban J connectivity index is 1.25. The van der Waals surface area contributed by atoms with Gasteiger partial charge in [0.15, 0.2) is 18.2 Å². The number of morpholine rings is 1. The van der Waals surface area contributed by atoms with Gasteiger partial charge in [0, 0.05) is 35.9 Å². The summed E-state index contributed by atoms with van der Waals surface area (Å²) in [6.07, 6.45) is 3.67. The maximum Gasteiger partial charge on any atom is 0.260 e. The Morgan fingerprint density at radius 2 is 2.03 bits per heavy atom. The fourth-order valence-electron chi connectivity index (χ4n) is 4.08. The lowest BCUT2D eigenvalue weighted by molar-refractivity contribution is -0.137. The fraction of sp³-hybridized carbons (Fsp3) is 0.200. The molecule has 35 heavy (non-hydrogen) atoms. The number of rotatable bonds is 6. The SMILES string of the molecule is O=C(COc1cccc(-c2nc(Nc3ccc4[nH]ncc4c3)c3cccn3n2)c1)N1CCOCC1. The van der Waals surface area contributed by atoms with Crippen LogP contribution in [0.1, 0.15) is 0 Å². The number of nitrogens with one attached hydrogen (secondary N) is 2. The standard InChI is InChI=1S/C25H23N7O3/c33-23(31-9-11-34-12-10-31)16-35-20-4-1-3-17(14-20)24-28-25(22-5-2-8-32(22)30-24)27-19-6-7-21-18(13-19)15-26-29-21/h1-8,13-15H,9-12,16H2,(H,26,29)(H,27,28,30). The van der Waals surface area contributed by atoms with Crippen LogP contribution in [-0.4, -0.2) is 68.5 Å². The zero-order chi connectivity index (χ0) is 23.6. The van der Waals surface area contributed by atoms with Gasteiger partial charge in [-0.05, 0) is 42.5 Å². The summed E-state index contributed by atoms with van der Waals surface area (Å²) in [6, 6.07) is 17.3. The number of amides is 1. The third-order valence-corrected chi connectivity index (χ3v) is 5.91. The van der Waals surface area contributed by atoms with Crippen molar-refractivity contribution < 1.29 is 14.3 Å². The van der Waals surface area contributed by atoms with E-state index in [-0.39, 0.29) is 12.5 Å². The second-order valence-corrected chi connectivity index (χ2v) is 8.23. The fourth-order valence-corrected chi connectivity index (χ4v) is 4.08. The molecular formula is C25H23N7O3. The summed E-state index contributed by atoms with van der Waals surface area (Å²) in [4.78, 5) is 19.0. The number of H-pyrrole nitrogens is 1. The van der Waals surface area contributed by atoms with E-state index >= 15 is 0 Å². The Kier molecular flexibility index (Phi) is 5.47. The van der Waals surface area contributed by atoms with Crippen LogP contribution in [0.5, 0.6) is 5.75 Å². The molecule has 0 bridgehead atoms. The molecule has 2 aromatic carbocycles. The van der Waals surface area contributed by atoms with E-state index in [2.05, 4.69) is 20.6 Å². The Morgan fingerprint density at radius 3 is 2.94 bits per heavy atom. The minimum Gasteiger partial charge on any atom is -0.484 e. The van der Waals surface area contributed by atoms with Crippen LogP contribution in [0.3, 0.4) is 0 Å². The van der Waals surface area contributed by atoms with Crippen molar-refractivity contribution in [2.24, 2.45) is 0 Å². The predicted octanol–water partition coefficient (Wildman–Crippen LogP) is 3.25. The van der Waals surface area contributed by atoms with Gasteiger partial charge in [-0.15, -0.1) is 5.10 Å². The topological polar surface area (TPSA) is 110 Å². The average Bonchev–Trinajstić information content (AvgIpc) is 3.57. The van der Waals surface area contributed by atoms with Crippen LogP contribution in [-0.2, 0) is 9.53 Å². The van der Waals surface area contributed by atoms with Gasteiger partial charge in [-0.1, -0.05) is 12.1 Å². The molecule has 1 aliphatic rings. The minimum absolute atomic E-state index is 0.0236. The van der Waals surface area contributed by atoms with Gasteiger partial charge in [-0.25, -0.2) is 9.50 Å². The number of aromatic amines is 1. The van der Waals surface area contributed by atoms with E-state index in [1.807, 2.05) is 60.8 Å². The van der Waals surface area contributed by atoms with Gasteiger partial charge in [0.1, 0.15) is 11.3 Å². The molecule has 2 N–H and O–H groups in total. The van der Waals surface area contributed by atoms with Gasteiger partial charge in [-0.2, -0.15) is 5.10 Å². The molecular weight excluding hydrogens is 446 g/mol. The highest BCUT2D eigenvalue weighted by Gasteiger charge is 2.17. The van der Waals surface area contributed by atoms with Crippen molar-refractivity contribution in [1.29, 1.82) is 0 Å².